The summed E-state index contributed by atoms with van der Waals surface area (Å²) in [5, 5.41) is 18.9. The third kappa shape index (κ3) is 2.09. The molecule has 1 aromatic heterocycles. The minimum Gasteiger partial charge on any atom is -0.391 e. The van der Waals surface area contributed by atoms with E-state index in [4.69, 9.17) is 10.5 Å². The number of alkyl halides is 1. The number of hydrogen-bond acceptors (Lipinski definition) is 6. The molecule has 18 heavy (non-hydrogen) atoms. The molecule has 2 heterocycles. The number of aromatic nitrogens is 2. The largest absolute Gasteiger partial charge is 0.391 e. The Kier molecular flexibility index (Phi) is 3.33. The molecule has 0 aliphatic carbocycles. The molecular weight excluding hydrogens is 245 g/mol. The Morgan fingerprint density at radius 2 is 2.33 bits per heavy atom. The molecule has 2 rings (SSSR count). The second kappa shape index (κ2) is 4.63. The van der Waals surface area contributed by atoms with Crippen LogP contribution in [0, 0.1) is 0 Å². The standard InChI is InChI=1S/C10H14FN3O4/c1-4(15)8-7(16)6(11)9(18-8)14-3-2-5(12)13-10(14)17/h2-4,6-9,15-16H,1H3,(H2,12,13,17)/t4-,6+,7-,8?,9+/m0/s1. The van der Waals surface area contributed by atoms with Gasteiger partial charge in [0.25, 0.3) is 0 Å². The SMILES string of the molecule is C[C@H](O)C1O[C@@H](n2ccc(N)nc2=O)[C@H](F)[C@@H]1O. The van der Waals surface area contributed by atoms with Gasteiger partial charge in [-0.3, -0.25) is 4.57 Å². The summed E-state index contributed by atoms with van der Waals surface area (Å²) in [6.07, 6.45) is -5.55. The lowest BCUT2D eigenvalue weighted by atomic mass is 10.1. The lowest BCUT2D eigenvalue weighted by Crippen LogP contribution is -2.36. The van der Waals surface area contributed by atoms with Crippen molar-refractivity contribution in [3.63, 3.8) is 0 Å². The lowest BCUT2D eigenvalue weighted by Gasteiger charge is -2.17. The molecule has 1 aromatic rings. The first-order valence-electron chi connectivity index (χ1n) is 5.42. The smallest absolute Gasteiger partial charge is 0.351 e. The van der Waals surface area contributed by atoms with Gasteiger partial charge in [0.2, 0.25) is 0 Å². The Balaban J connectivity index is 2.32. The van der Waals surface area contributed by atoms with Gasteiger partial charge in [0.15, 0.2) is 12.4 Å². The molecule has 0 saturated carbocycles. The highest BCUT2D eigenvalue weighted by atomic mass is 19.1. The summed E-state index contributed by atoms with van der Waals surface area (Å²) in [7, 11) is 0. The number of nitrogens with two attached hydrogens (primary N) is 1. The first-order valence-corrected chi connectivity index (χ1v) is 5.42. The number of hydrogen-bond donors (Lipinski definition) is 3. The maximum atomic E-state index is 13.9. The second-order valence-electron chi connectivity index (χ2n) is 4.21. The fraction of sp³-hybridized carbons (Fsp3) is 0.600. The summed E-state index contributed by atoms with van der Waals surface area (Å²) in [6, 6.07) is 1.32. The number of aliphatic hydroxyl groups is 2. The van der Waals surface area contributed by atoms with Crippen molar-refractivity contribution in [3.05, 3.63) is 22.7 Å². The Morgan fingerprint density at radius 1 is 1.67 bits per heavy atom. The lowest BCUT2D eigenvalue weighted by molar-refractivity contribution is -0.0783. The maximum absolute atomic E-state index is 13.9. The molecule has 0 amide bonds. The fourth-order valence-electron chi connectivity index (χ4n) is 1.90. The van der Waals surface area contributed by atoms with Crippen LogP contribution in [-0.4, -0.2) is 44.2 Å². The van der Waals surface area contributed by atoms with E-state index in [-0.39, 0.29) is 5.82 Å². The Labute approximate surface area is 102 Å². The van der Waals surface area contributed by atoms with E-state index < -0.39 is 36.4 Å². The van der Waals surface area contributed by atoms with Crippen molar-refractivity contribution < 1.29 is 19.3 Å². The molecule has 4 N–H and O–H groups in total. The summed E-state index contributed by atoms with van der Waals surface area (Å²) in [6.45, 7) is 1.37. The molecular formula is C10H14FN3O4. The summed E-state index contributed by atoms with van der Waals surface area (Å²) in [4.78, 5) is 15.0. The minimum absolute atomic E-state index is 0.0114. The molecule has 0 radical (unpaired) electrons. The van der Waals surface area contributed by atoms with Crippen molar-refractivity contribution in [2.45, 2.75) is 37.6 Å². The maximum Gasteiger partial charge on any atom is 0.351 e. The third-order valence-electron chi connectivity index (χ3n) is 2.83. The molecule has 0 aromatic carbocycles. The quantitative estimate of drug-likeness (QED) is 0.615. The van der Waals surface area contributed by atoms with Crippen LogP contribution in [0.5, 0.6) is 0 Å². The van der Waals surface area contributed by atoms with Gasteiger partial charge in [0.05, 0.1) is 6.10 Å². The molecule has 0 bridgehead atoms. The zero-order valence-corrected chi connectivity index (χ0v) is 9.60. The number of nitrogens with zero attached hydrogens (tertiary/aromatic N) is 2. The van der Waals surface area contributed by atoms with Gasteiger partial charge in [-0.05, 0) is 13.0 Å². The summed E-state index contributed by atoms with van der Waals surface area (Å²) < 4.78 is 19.9. The van der Waals surface area contributed by atoms with Gasteiger partial charge in [-0.1, -0.05) is 0 Å². The molecule has 1 saturated heterocycles. The highest BCUT2D eigenvalue weighted by Gasteiger charge is 2.47. The summed E-state index contributed by atoms with van der Waals surface area (Å²) >= 11 is 0. The molecule has 7 nitrogen and oxygen atoms in total. The third-order valence-corrected chi connectivity index (χ3v) is 2.83. The van der Waals surface area contributed by atoms with Crippen molar-refractivity contribution in [1.29, 1.82) is 0 Å². The Morgan fingerprint density at radius 3 is 2.83 bits per heavy atom. The molecule has 1 unspecified atom stereocenters. The predicted octanol–water partition coefficient (Wildman–Crippen LogP) is -1.20. The first-order chi connectivity index (χ1) is 8.41. The van der Waals surface area contributed by atoms with E-state index in [0.717, 1.165) is 4.57 Å². The number of ether oxygens (including phenoxy) is 1. The Bertz CT molecular complexity index is 492. The topological polar surface area (TPSA) is 111 Å². The van der Waals surface area contributed by atoms with Crippen LogP contribution < -0.4 is 11.4 Å². The molecule has 0 spiro atoms. The predicted molar refractivity (Wildman–Crippen MR) is 59.4 cm³/mol. The van der Waals surface area contributed by atoms with Crippen LogP contribution in [0.3, 0.4) is 0 Å². The van der Waals surface area contributed by atoms with E-state index >= 15 is 0 Å². The highest BCUT2D eigenvalue weighted by molar-refractivity contribution is 5.23. The fourth-order valence-corrected chi connectivity index (χ4v) is 1.90. The molecule has 5 atom stereocenters. The molecule has 100 valence electrons. The van der Waals surface area contributed by atoms with Crippen LogP contribution in [0.1, 0.15) is 13.2 Å². The average Bonchev–Trinajstić information content (AvgIpc) is 2.57. The highest BCUT2D eigenvalue weighted by Crippen LogP contribution is 2.32. The second-order valence-corrected chi connectivity index (χ2v) is 4.21. The van der Waals surface area contributed by atoms with Crippen molar-refractivity contribution >= 4 is 5.82 Å². The summed E-state index contributed by atoms with van der Waals surface area (Å²) in [5.41, 5.74) is 4.54. The van der Waals surface area contributed by atoms with Gasteiger partial charge in [0.1, 0.15) is 18.0 Å². The van der Waals surface area contributed by atoms with Gasteiger partial charge in [-0.15, -0.1) is 0 Å². The van der Waals surface area contributed by atoms with Gasteiger partial charge in [-0.2, -0.15) is 4.98 Å². The van der Waals surface area contributed by atoms with E-state index in [1.165, 1.54) is 19.2 Å². The van der Waals surface area contributed by atoms with Gasteiger partial charge < -0.3 is 20.7 Å². The van der Waals surface area contributed by atoms with Crippen molar-refractivity contribution in [2.75, 3.05) is 5.73 Å². The minimum atomic E-state index is -1.83. The molecule has 8 heteroatoms. The van der Waals surface area contributed by atoms with Crippen LogP contribution in [-0.2, 0) is 4.74 Å². The van der Waals surface area contributed by atoms with Crippen molar-refractivity contribution in [3.8, 4) is 0 Å². The van der Waals surface area contributed by atoms with Crippen LogP contribution >= 0.6 is 0 Å². The van der Waals surface area contributed by atoms with Gasteiger partial charge >= 0.3 is 5.69 Å². The number of rotatable bonds is 2. The van der Waals surface area contributed by atoms with E-state index in [1.807, 2.05) is 0 Å². The Hall–Kier alpha value is -1.51. The van der Waals surface area contributed by atoms with Crippen LogP contribution in [0.25, 0.3) is 0 Å². The van der Waals surface area contributed by atoms with Gasteiger partial charge in [0, 0.05) is 6.20 Å². The van der Waals surface area contributed by atoms with Crippen LogP contribution in [0.15, 0.2) is 17.1 Å². The van der Waals surface area contributed by atoms with Crippen molar-refractivity contribution in [2.24, 2.45) is 0 Å². The van der Waals surface area contributed by atoms with E-state index in [1.54, 1.807) is 0 Å². The van der Waals surface area contributed by atoms with E-state index in [0.29, 0.717) is 0 Å². The first kappa shape index (κ1) is 12.9. The van der Waals surface area contributed by atoms with E-state index in [9.17, 15) is 19.4 Å². The van der Waals surface area contributed by atoms with Crippen molar-refractivity contribution in [1.82, 2.24) is 9.55 Å². The van der Waals surface area contributed by atoms with Gasteiger partial charge in [-0.25, -0.2) is 9.18 Å². The zero-order chi connectivity index (χ0) is 13.4. The monoisotopic (exact) mass is 259 g/mol. The summed E-state index contributed by atoms with van der Waals surface area (Å²) in [5.74, 6) is 0.0114. The van der Waals surface area contributed by atoms with Crippen LogP contribution in [0.2, 0.25) is 0 Å². The van der Waals surface area contributed by atoms with E-state index in [2.05, 4.69) is 4.98 Å². The zero-order valence-electron chi connectivity index (χ0n) is 9.60. The van der Waals surface area contributed by atoms with Crippen LogP contribution in [0.4, 0.5) is 10.2 Å². The number of halogens is 1. The number of nitrogen functional groups attached to an aromatic ring is 1. The molecule has 1 aliphatic rings. The molecule has 1 aliphatic heterocycles. The average molecular weight is 259 g/mol. The normalized spacial score (nSPS) is 33.6. The number of aliphatic hydroxyl groups excluding tert-OH is 2. The molecule has 1 fully saturated rings. The number of anilines is 1.